The average Bonchev–Trinajstić information content (AvgIpc) is 2.15. The summed E-state index contributed by atoms with van der Waals surface area (Å²) in [5.74, 6) is -1.49. The summed E-state index contributed by atoms with van der Waals surface area (Å²) in [6.07, 6.45) is 1.80. The number of carboxylic acids is 1. The van der Waals surface area contributed by atoms with E-state index in [1.54, 1.807) is 0 Å². The standard InChI is InChI=1S/C9H19N3O3.ClH/c1-6(11)8(13)12-7(9(14)15)4-2-3-5-10;/h6-7H,2-5,10-11H2,1H3,(H,12,13)(H,14,15);1H/t6-,7-;/m1./s1. The number of halogens is 1. The molecule has 0 rings (SSSR count). The van der Waals surface area contributed by atoms with Gasteiger partial charge in [0.2, 0.25) is 5.91 Å². The number of carbonyl (C=O) groups excluding carboxylic acids is 1. The van der Waals surface area contributed by atoms with Gasteiger partial charge < -0.3 is 21.9 Å². The quantitative estimate of drug-likeness (QED) is 0.454. The molecule has 0 unspecified atom stereocenters. The second-order valence-electron chi connectivity index (χ2n) is 3.47. The van der Waals surface area contributed by atoms with Crippen LogP contribution < -0.4 is 16.8 Å². The van der Waals surface area contributed by atoms with Crippen molar-refractivity contribution in [2.75, 3.05) is 6.54 Å². The number of nitrogens with two attached hydrogens (primary N) is 2. The number of hydrogen-bond acceptors (Lipinski definition) is 4. The second-order valence-corrected chi connectivity index (χ2v) is 3.47. The SMILES string of the molecule is C[C@@H](N)C(=O)N[C@H](CCCCN)C(=O)O.Cl. The number of unbranched alkanes of at least 4 members (excludes halogenated alkanes) is 1. The molecule has 0 saturated heterocycles. The summed E-state index contributed by atoms with van der Waals surface area (Å²) < 4.78 is 0. The predicted octanol–water partition coefficient (Wildman–Crippen LogP) is -0.546. The largest absolute Gasteiger partial charge is 0.480 e. The molecule has 0 spiro atoms. The average molecular weight is 254 g/mol. The van der Waals surface area contributed by atoms with Crippen LogP contribution in [0.2, 0.25) is 0 Å². The zero-order valence-electron chi connectivity index (χ0n) is 9.31. The van der Waals surface area contributed by atoms with Gasteiger partial charge in [0.1, 0.15) is 6.04 Å². The van der Waals surface area contributed by atoms with Crippen molar-refractivity contribution in [3.63, 3.8) is 0 Å². The molecule has 0 aromatic heterocycles. The summed E-state index contributed by atoms with van der Waals surface area (Å²) in [5, 5.41) is 11.2. The van der Waals surface area contributed by atoms with Crippen molar-refractivity contribution in [3.8, 4) is 0 Å². The maximum Gasteiger partial charge on any atom is 0.326 e. The molecule has 0 aromatic rings. The molecular weight excluding hydrogens is 234 g/mol. The van der Waals surface area contributed by atoms with Gasteiger partial charge in [-0.05, 0) is 32.7 Å². The Labute approximate surface area is 101 Å². The number of carbonyl (C=O) groups is 2. The summed E-state index contributed by atoms with van der Waals surface area (Å²) in [6, 6.07) is -1.56. The zero-order chi connectivity index (χ0) is 11.8. The fourth-order valence-electron chi connectivity index (χ4n) is 1.05. The molecule has 16 heavy (non-hydrogen) atoms. The summed E-state index contributed by atoms with van der Waals surface area (Å²) in [5.41, 5.74) is 10.6. The van der Waals surface area contributed by atoms with Crippen LogP contribution in [-0.2, 0) is 9.59 Å². The highest BCUT2D eigenvalue weighted by Crippen LogP contribution is 2.00. The molecule has 0 saturated carbocycles. The molecular formula is C9H20ClN3O3. The third-order valence-corrected chi connectivity index (χ3v) is 1.98. The van der Waals surface area contributed by atoms with E-state index >= 15 is 0 Å². The van der Waals surface area contributed by atoms with E-state index in [9.17, 15) is 9.59 Å². The monoisotopic (exact) mass is 253 g/mol. The number of carboxylic acid groups (broad SMARTS) is 1. The lowest BCUT2D eigenvalue weighted by Crippen LogP contribution is -2.47. The topological polar surface area (TPSA) is 118 Å². The van der Waals surface area contributed by atoms with E-state index in [-0.39, 0.29) is 12.4 Å². The normalized spacial score (nSPS) is 13.4. The van der Waals surface area contributed by atoms with Gasteiger partial charge in [-0.1, -0.05) is 0 Å². The van der Waals surface area contributed by atoms with Crippen LogP contribution in [0, 0.1) is 0 Å². The maximum absolute atomic E-state index is 11.2. The molecule has 0 fully saturated rings. The van der Waals surface area contributed by atoms with E-state index in [0.717, 1.165) is 6.42 Å². The summed E-state index contributed by atoms with van der Waals surface area (Å²) >= 11 is 0. The molecule has 1 amide bonds. The lowest BCUT2D eigenvalue weighted by atomic mass is 10.1. The Bertz CT molecular complexity index is 224. The highest BCUT2D eigenvalue weighted by atomic mass is 35.5. The Hall–Kier alpha value is -0.850. The second kappa shape index (κ2) is 9.38. The van der Waals surface area contributed by atoms with Gasteiger partial charge in [0.25, 0.3) is 0 Å². The Morgan fingerprint density at radius 1 is 1.38 bits per heavy atom. The molecule has 0 heterocycles. The molecule has 0 aromatic carbocycles. The first-order chi connectivity index (χ1) is 6.99. The van der Waals surface area contributed by atoms with Crippen molar-refractivity contribution in [2.24, 2.45) is 11.5 Å². The molecule has 6 nitrogen and oxygen atoms in total. The molecule has 96 valence electrons. The summed E-state index contributed by atoms with van der Waals surface area (Å²) in [4.78, 5) is 21.9. The Morgan fingerprint density at radius 3 is 2.31 bits per heavy atom. The fourth-order valence-corrected chi connectivity index (χ4v) is 1.05. The van der Waals surface area contributed by atoms with E-state index in [2.05, 4.69) is 5.32 Å². The van der Waals surface area contributed by atoms with Crippen molar-refractivity contribution in [1.29, 1.82) is 0 Å². The van der Waals surface area contributed by atoms with Crippen LogP contribution in [0.25, 0.3) is 0 Å². The van der Waals surface area contributed by atoms with Crippen LogP contribution in [0.15, 0.2) is 0 Å². The summed E-state index contributed by atoms with van der Waals surface area (Å²) in [6.45, 7) is 2.03. The molecule has 0 radical (unpaired) electrons. The van der Waals surface area contributed by atoms with Crippen LogP contribution in [0.3, 0.4) is 0 Å². The molecule has 6 N–H and O–H groups in total. The molecule has 2 atom stereocenters. The highest BCUT2D eigenvalue weighted by molar-refractivity contribution is 5.86. The van der Waals surface area contributed by atoms with Gasteiger partial charge in [0.05, 0.1) is 6.04 Å². The number of aliphatic carboxylic acids is 1. The number of nitrogens with one attached hydrogen (secondary N) is 1. The van der Waals surface area contributed by atoms with E-state index in [1.165, 1.54) is 6.92 Å². The minimum absolute atomic E-state index is 0. The smallest absolute Gasteiger partial charge is 0.326 e. The summed E-state index contributed by atoms with van der Waals surface area (Å²) in [7, 11) is 0. The Morgan fingerprint density at radius 2 is 1.94 bits per heavy atom. The van der Waals surface area contributed by atoms with Crippen LogP contribution in [0.5, 0.6) is 0 Å². The van der Waals surface area contributed by atoms with Gasteiger partial charge in [-0.2, -0.15) is 0 Å². The minimum Gasteiger partial charge on any atom is -0.480 e. The fraction of sp³-hybridized carbons (Fsp3) is 0.778. The van der Waals surface area contributed by atoms with E-state index in [4.69, 9.17) is 16.6 Å². The van der Waals surface area contributed by atoms with E-state index in [1.807, 2.05) is 0 Å². The van der Waals surface area contributed by atoms with Crippen LogP contribution in [0.4, 0.5) is 0 Å². The molecule has 7 heteroatoms. The first-order valence-electron chi connectivity index (χ1n) is 4.98. The maximum atomic E-state index is 11.2. The van der Waals surface area contributed by atoms with E-state index < -0.39 is 24.0 Å². The van der Waals surface area contributed by atoms with Crippen molar-refractivity contribution < 1.29 is 14.7 Å². The van der Waals surface area contributed by atoms with Gasteiger partial charge in [-0.25, -0.2) is 4.79 Å². The third-order valence-electron chi connectivity index (χ3n) is 1.98. The molecule has 0 aliphatic carbocycles. The van der Waals surface area contributed by atoms with Gasteiger partial charge in [0.15, 0.2) is 0 Å². The van der Waals surface area contributed by atoms with Crippen LogP contribution in [-0.4, -0.2) is 35.6 Å². The van der Waals surface area contributed by atoms with Gasteiger partial charge in [-0.3, -0.25) is 4.79 Å². The molecule has 0 aliphatic heterocycles. The lowest BCUT2D eigenvalue weighted by molar-refractivity contribution is -0.142. The Balaban J connectivity index is 0. The lowest BCUT2D eigenvalue weighted by Gasteiger charge is -2.15. The number of amides is 1. The van der Waals surface area contributed by atoms with Gasteiger partial charge >= 0.3 is 5.97 Å². The van der Waals surface area contributed by atoms with Gasteiger partial charge in [0, 0.05) is 0 Å². The third kappa shape index (κ3) is 7.44. The number of hydrogen-bond donors (Lipinski definition) is 4. The molecule has 0 aliphatic rings. The Kier molecular flexibility index (Phi) is 10.3. The van der Waals surface area contributed by atoms with Crippen LogP contribution in [0.1, 0.15) is 26.2 Å². The van der Waals surface area contributed by atoms with Crippen molar-refractivity contribution in [2.45, 2.75) is 38.3 Å². The number of rotatable bonds is 7. The van der Waals surface area contributed by atoms with Crippen molar-refractivity contribution >= 4 is 24.3 Å². The predicted molar refractivity (Wildman–Crippen MR) is 63.4 cm³/mol. The first kappa shape index (κ1) is 17.5. The zero-order valence-corrected chi connectivity index (χ0v) is 10.1. The van der Waals surface area contributed by atoms with E-state index in [0.29, 0.717) is 19.4 Å². The van der Waals surface area contributed by atoms with Crippen LogP contribution >= 0.6 is 12.4 Å². The van der Waals surface area contributed by atoms with Crippen molar-refractivity contribution in [3.05, 3.63) is 0 Å². The first-order valence-corrected chi connectivity index (χ1v) is 4.98. The molecule has 0 bridgehead atoms. The van der Waals surface area contributed by atoms with Gasteiger partial charge in [-0.15, -0.1) is 12.4 Å². The minimum atomic E-state index is -1.04. The van der Waals surface area contributed by atoms with Crippen molar-refractivity contribution in [1.82, 2.24) is 5.32 Å². The highest BCUT2D eigenvalue weighted by Gasteiger charge is 2.20.